The van der Waals surface area contributed by atoms with Crippen molar-refractivity contribution in [2.24, 2.45) is 0 Å². The van der Waals surface area contributed by atoms with Crippen molar-refractivity contribution in [1.29, 1.82) is 0 Å². The number of hydrogen-bond donors (Lipinski definition) is 2. The first-order valence-corrected chi connectivity index (χ1v) is 14.2. The Labute approximate surface area is 217 Å². The Morgan fingerprint density at radius 2 is 1.17 bits per heavy atom. The first-order chi connectivity index (χ1) is 17.5. The van der Waals surface area contributed by atoms with Crippen molar-refractivity contribution in [3.8, 4) is 19.5 Å². The molecule has 10 heteroatoms. The molecule has 0 spiro atoms. The van der Waals surface area contributed by atoms with Crippen molar-refractivity contribution in [3.63, 3.8) is 0 Å². The lowest BCUT2D eigenvalue weighted by Crippen LogP contribution is -2.39. The average molecular weight is 543 g/mol. The van der Waals surface area contributed by atoms with Crippen LogP contribution in [0.5, 0.6) is 0 Å². The van der Waals surface area contributed by atoms with Crippen LogP contribution in [0.1, 0.15) is 41.4 Å². The molecule has 6 heterocycles. The van der Waals surface area contributed by atoms with E-state index < -0.39 is 23.6 Å². The van der Waals surface area contributed by atoms with E-state index in [2.05, 4.69) is 22.8 Å². The molecule has 4 aromatic heterocycles. The molecule has 0 radical (unpaired) electrons. The molecule has 0 fully saturated rings. The highest BCUT2D eigenvalue weighted by Crippen LogP contribution is 2.49. The third-order valence-electron chi connectivity index (χ3n) is 6.62. The smallest absolute Gasteiger partial charge is 0.260 e. The Hall–Kier alpha value is -3.70. The first kappa shape index (κ1) is 20.5. The molecule has 8 rings (SSSR count). The topological polar surface area (TPSA) is 92.3 Å². The Morgan fingerprint density at radius 1 is 0.528 bits per heavy atom. The molecule has 0 saturated carbocycles. The Bertz CT molecular complexity index is 1920. The van der Waals surface area contributed by atoms with Gasteiger partial charge in [0.05, 0.1) is 22.3 Å². The molecule has 2 N–H and O–H groups in total. The maximum Gasteiger partial charge on any atom is 0.260 e. The molecule has 36 heavy (non-hydrogen) atoms. The zero-order valence-electron chi connectivity index (χ0n) is 17.9. The summed E-state index contributed by atoms with van der Waals surface area (Å²) in [5.74, 6) is -2.05. The zero-order valence-corrected chi connectivity index (χ0v) is 21.2. The molecular formula is C26H10N2O4S4. The number of imide groups is 2. The standard InChI is InChI=1S/C26H10N2O4S4/c29-23-15-9-5-7-34-21(9)19-18-16(24(30)28-25(19)31)10-8-14(36-22(10)20(17(15)18)26(32)27-23)13-4-3-12(35-13)11-2-1-6-33-11/h1-8H,(H,27,29,32)(H,28,30,31). The molecule has 6 nitrogen and oxygen atoms in total. The molecule has 4 amide bonds. The minimum atomic E-state index is -0.515. The summed E-state index contributed by atoms with van der Waals surface area (Å²) < 4.78 is 1.27. The zero-order chi connectivity index (χ0) is 24.3. The molecule has 6 aromatic rings. The van der Waals surface area contributed by atoms with Crippen LogP contribution in [0.3, 0.4) is 0 Å². The van der Waals surface area contributed by atoms with Crippen LogP contribution in [0.2, 0.25) is 0 Å². The number of thiophene rings is 4. The molecular weight excluding hydrogens is 533 g/mol. The fraction of sp³-hybridized carbons (Fsp3) is 0. The summed E-state index contributed by atoms with van der Waals surface area (Å²) in [4.78, 5) is 56.9. The maximum atomic E-state index is 13.3. The average Bonchev–Trinajstić information content (AvgIpc) is 3.64. The van der Waals surface area contributed by atoms with Gasteiger partial charge in [0.25, 0.3) is 23.6 Å². The van der Waals surface area contributed by atoms with Gasteiger partial charge in [0.2, 0.25) is 0 Å². The molecule has 0 bridgehead atoms. The maximum absolute atomic E-state index is 13.3. The normalized spacial score (nSPS) is 14.8. The van der Waals surface area contributed by atoms with E-state index in [-0.39, 0.29) is 0 Å². The fourth-order valence-corrected chi connectivity index (χ4v) is 9.30. The third kappa shape index (κ3) is 2.49. The number of amides is 4. The molecule has 2 aromatic carbocycles. The van der Waals surface area contributed by atoms with E-state index in [1.165, 1.54) is 27.6 Å². The minimum Gasteiger partial charge on any atom is -0.288 e. The summed E-state index contributed by atoms with van der Waals surface area (Å²) in [6, 6.07) is 11.9. The van der Waals surface area contributed by atoms with Crippen molar-refractivity contribution in [3.05, 3.63) is 69.4 Å². The molecule has 0 atom stereocenters. The Kier molecular flexibility index (Phi) is 3.96. The summed E-state index contributed by atoms with van der Waals surface area (Å²) in [5, 5.41) is 10.8. The summed E-state index contributed by atoms with van der Waals surface area (Å²) in [5.41, 5.74) is 1.38. The SMILES string of the molecule is O=C1NC(=O)c2c3sc(-c4ccc(-c5cccs5)s4)cc3c3c4c(c5sccc5c1c24)C(=O)NC3=O. The van der Waals surface area contributed by atoms with Gasteiger partial charge in [0, 0.05) is 50.5 Å². The number of fused-ring (bicyclic) bond motifs is 6. The van der Waals surface area contributed by atoms with Crippen LogP contribution < -0.4 is 10.6 Å². The van der Waals surface area contributed by atoms with Crippen LogP contribution >= 0.6 is 45.3 Å². The highest BCUT2D eigenvalue weighted by atomic mass is 32.1. The summed E-state index contributed by atoms with van der Waals surface area (Å²) >= 11 is 6.08. The van der Waals surface area contributed by atoms with E-state index in [0.717, 1.165) is 14.6 Å². The summed E-state index contributed by atoms with van der Waals surface area (Å²) in [7, 11) is 0. The highest BCUT2D eigenvalue weighted by Gasteiger charge is 2.39. The Morgan fingerprint density at radius 3 is 1.86 bits per heavy atom. The van der Waals surface area contributed by atoms with Gasteiger partial charge in [0.15, 0.2) is 0 Å². The Balaban J connectivity index is 1.54. The van der Waals surface area contributed by atoms with E-state index in [0.29, 0.717) is 53.2 Å². The quantitative estimate of drug-likeness (QED) is 0.245. The van der Waals surface area contributed by atoms with E-state index in [9.17, 15) is 19.2 Å². The molecule has 172 valence electrons. The molecule has 0 aliphatic carbocycles. The van der Waals surface area contributed by atoms with Gasteiger partial charge in [-0.3, -0.25) is 29.8 Å². The second kappa shape index (κ2) is 6.95. The molecule has 2 aliphatic rings. The van der Waals surface area contributed by atoms with Crippen LogP contribution in [0.25, 0.3) is 50.5 Å². The van der Waals surface area contributed by atoms with Crippen LogP contribution in [0.15, 0.2) is 47.2 Å². The monoisotopic (exact) mass is 542 g/mol. The van der Waals surface area contributed by atoms with Crippen molar-refractivity contribution in [2.45, 2.75) is 0 Å². The van der Waals surface area contributed by atoms with Crippen LogP contribution in [-0.4, -0.2) is 23.6 Å². The third-order valence-corrected chi connectivity index (χ3v) is 11.0. The second-order valence-corrected chi connectivity index (χ2v) is 12.5. The van der Waals surface area contributed by atoms with E-state index in [1.54, 1.807) is 28.7 Å². The van der Waals surface area contributed by atoms with Crippen molar-refractivity contribution in [2.75, 3.05) is 0 Å². The summed E-state index contributed by atoms with van der Waals surface area (Å²) in [6.07, 6.45) is 0. The molecule has 0 saturated heterocycles. The van der Waals surface area contributed by atoms with Gasteiger partial charge in [-0.1, -0.05) is 6.07 Å². The van der Waals surface area contributed by atoms with Crippen molar-refractivity contribution in [1.82, 2.24) is 10.6 Å². The largest absolute Gasteiger partial charge is 0.288 e. The predicted molar refractivity (Wildman–Crippen MR) is 145 cm³/mol. The van der Waals surface area contributed by atoms with E-state index >= 15 is 0 Å². The summed E-state index contributed by atoms with van der Waals surface area (Å²) in [6.45, 7) is 0. The second-order valence-electron chi connectivity index (χ2n) is 8.47. The van der Waals surface area contributed by atoms with Gasteiger partial charge in [-0.05, 0) is 41.1 Å². The lowest BCUT2D eigenvalue weighted by Gasteiger charge is -2.25. The number of rotatable bonds is 2. The predicted octanol–water partition coefficient (Wildman–Crippen LogP) is 6.49. The highest BCUT2D eigenvalue weighted by molar-refractivity contribution is 7.28. The van der Waals surface area contributed by atoms with Crippen LogP contribution in [0, 0.1) is 0 Å². The van der Waals surface area contributed by atoms with Gasteiger partial charge in [-0.2, -0.15) is 0 Å². The first-order valence-electron chi connectivity index (χ1n) is 10.8. The number of benzene rings is 2. The van der Waals surface area contributed by atoms with Crippen molar-refractivity contribution >= 4 is 99.9 Å². The van der Waals surface area contributed by atoms with E-state index in [4.69, 9.17) is 0 Å². The van der Waals surface area contributed by atoms with Gasteiger partial charge in [-0.25, -0.2) is 0 Å². The van der Waals surface area contributed by atoms with Gasteiger partial charge in [-0.15, -0.1) is 45.3 Å². The number of nitrogens with one attached hydrogen (secondary N) is 2. The van der Waals surface area contributed by atoms with E-state index in [1.807, 2.05) is 29.0 Å². The number of hydrogen-bond acceptors (Lipinski definition) is 8. The number of carbonyl (C=O) groups excluding carboxylic acids is 4. The molecule has 2 aliphatic heterocycles. The van der Waals surface area contributed by atoms with Gasteiger partial charge >= 0.3 is 0 Å². The lowest BCUT2D eigenvalue weighted by molar-refractivity contribution is 0.0826. The number of carbonyl (C=O) groups is 4. The van der Waals surface area contributed by atoms with Gasteiger partial charge < -0.3 is 0 Å². The minimum absolute atomic E-state index is 0.343. The molecule has 0 unspecified atom stereocenters. The van der Waals surface area contributed by atoms with Crippen LogP contribution in [0.4, 0.5) is 0 Å². The lowest BCUT2D eigenvalue weighted by atomic mass is 9.84. The fourth-order valence-electron chi connectivity index (χ4n) is 5.21. The van der Waals surface area contributed by atoms with Gasteiger partial charge in [0.1, 0.15) is 0 Å². The van der Waals surface area contributed by atoms with Crippen LogP contribution in [-0.2, 0) is 0 Å². The van der Waals surface area contributed by atoms with Crippen molar-refractivity contribution < 1.29 is 19.2 Å².